The summed E-state index contributed by atoms with van der Waals surface area (Å²) in [5.74, 6) is -1.06. The first-order valence-electron chi connectivity index (χ1n) is 6.61. The second kappa shape index (κ2) is 7.19. The van der Waals surface area contributed by atoms with E-state index in [-0.39, 0.29) is 12.5 Å². The molecule has 1 fully saturated rings. The topological polar surface area (TPSA) is 68.2 Å². The summed E-state index contributed by atoms with van der Waals surface area (Å²) in [4.78, 5) is 13.5. The molecule has 0 spiro atoms. The number of nitrogens with zero attached hydrogens (tertiary/aromatic N) is 1. The Bertz CT molecular complexity index is 295. The number of methoxy groups -OCH3 is 1. The predicted molar refractivity (Wildman–Crippen MR) is 69.7 cm³/mol. The molecule has 0 aromatic rings. The number of aliphatic hydroxyl groups excluding tert-OH is 1. The number of carbonyl (C=O) groups excluding carboxylic acids is 1. The highest BCUT2D eigenvalue weighted by molar-refractivity contribution is 5.81. The number of unbranched alkanes of at least 4 members (excludes halogenated alkanes) is 1. The van der Waals surface area contributed by atoms with Crippen LogP contribution in [0.1, 0.15) is 26.7 Å². The lowest BCUT2D eigenvalue weighted by Gasteiger charge is -2.24. The van der Waals surface area contributed by atoms with Gasteiger partial charge >= 0.3 is 0 Å². The number of amides is 1. The molecule has 1 heterocycles. The molecule has 19 heavy (non-hydrogen) atoms. The van der Waals surface area contributed by atoms with Crippen LogP contribution in [0.5, 0.6) is 0 Å². The number of hydrogen-bond acceptors (Lipinski definition) is 5. The number of hydrogen-bond donors (Lipinski definition) is 1. The monoisotopic (exact) mass is 275 g/mol. The van der Waals surface area contributed by atoms with E-state index in [9.17, 15) is 9.90 Å². The molecule has 1 amide bonds. The first-order chi connectivity index (χ1) is 8.87. The van der Waals surface area contributed by atoms with E-state index in [0.29, 0.717) is 13.2 Å². The van der Waals surface area contributed by atoms with Crippen molar-refractivity contribution in [3.05, 3.63) is 0 Å². The van der Waals surface area contributed by atoms with Gasteiger partial charge in [-0.25, -0.2) is 0 Å². The van der Waals surface area contributed by atoms with Gasteiger partial charge < -0.3 is 24.2 Å². The van der Waals surface area contributed by atoms with Gasteiger partial charge in [-0.2, -0.15) is 0 Å². The highest BCUT2D eigenvalue weighted by Crippen LogP contribution is 2.24. The van der Waals surface area contributed by atoms with Crippen molar-refractivity contribution in [1.29, 1.82) is 0 Å². The summed E-state index contributed by atoms with van der Waals surface area (Å²) in [6, 6.07) is 0. The largest absolute Gasteiger partial charge is 0.385 e. The van der Waals surface area contributed by atoms with Crippen LogP contribution in [0, 0.1) is 0 Å². The zero-order valence-electron chi connectivity index (χ0n) is 12.2. The van der Waals surface area contributed by atoms with Gasteiger partial charge in [0.2, 0.25) is 0 Å². The fraction of sp³-hybridized carbons (Fsp3) is 0.923. The van der Waals surface area contributed by atoms with Crippen molar-refractivity contribution in [2.24, 2.45) is 0 Å². The lowest BCUT2D eigenvalue weighted by Crippen LogP contribution is -2.45. The van der Waals surface area contributed by atoms with Crippen molar-refractivity contribution in [2.75, 3.05) is 33.9 Å². The Labute approximate surface area is 114 Å². The molecule has 0 radical (unpaired) electrons. The van der Waals surface area contributed by atoms with Crippen LogP contribution in [0.25, 0.3) is 0 Å². The van der Waals surface area contributed by atoms with Gasteiger partial charge in [0.05, 0.1) is 6.61 Å². The van der Waals surface area contributed by atoms with Gasteiger partial charge in [0.1, 0.15) is 6.10 Å². The summed E-state index contributed by atoms with van der Waals surface area (Å²) >= 11 is 0. The molecule has 1 rings (SSSR count). The molecule has 0 bridgehead atoms. The lowest BCUT2D eigenvalue weighted by molar-refractivity contribution is -0.163. The van der Waals surface area contributed by atoms with Gasteiger partial charge in [0.25, 0.3) is 5.91 Å². The Balaban J connectivity index is 2.35. The third-order valence-electron chi connectivity index (χ3n) is 3.10. The number of likely N-dealkylation sites (N-methyl/N-ethyl adjacent to an activating group) is 1. The molecule has 1 aliphatic heterocycles. The molecule has 1 N–H and O–H groups in total. The Hall–Kier alpha value is -0.690. The minimum Gasteiger partial charge on any atom is -0.385 e. The molecule has 1 aliphatic rings. The lowest BCUT2D eigenvalue weighted by atomic mass is 10.2. The van der Waals surface area contributed by atoms with Crippen molar-refractivity contribution < 1.29 is 24.1 Å². The van der Waals surface area contributed by atoms with E-state index in [1.165, 1.54) is 4.90 Å². The fourth-order valence-electron chi connectivity index (χ4n) is 1.96. The Kier molecular flexibility index (Phi) is 6.19. The molecule has 0 aromatic carbocycles. The van der Waals surface area contributed by atoms with Gasteiger partial charge in [0.15, 0.2) is 11.9 Å². The van der Waals surface area contributed by atoms with Gasteiger partial charge in [-0.15, -0.1) is 0 Å². The normalized spacial score (nSPS) is 23.3. The molecule has 6 heteroatoms. The Morgan fingerprint density at radius 3 is 2.74 bits per heavy atom. The number of rotatable bonds is 7. The van der Waals surface area contributed by atoms with E-state index >= 15 is 0 Å². The first-order valence-corrected chi connectivity index (χ1v) is 6.61. The highest BCUT2D eigenvalue weighted by atomic mass is 16.7. The molecule has 1 saturated heterocycles. The summed E-state index contributed by atoms with van der Waals surface area (Å²) in [5.41, 5.74) is 0. The third-order valence-corrected chi connectivity index (χ3v) is 3.10. The number of carbonyl (C=O) groups is 1. The van der Waals surface area contributed by atoms with Crippen LogP contribution in [-0.4, -0.2) is 67.8 Å². The minimum absolute atomic E-state index is 0.234. The van der Waals surface area contributed by atoms with Gasteiger partial charge in [-0.05, 0) is 26.7 Å². The molecule has 2 atom stereocenters. The summed E-state index contributed by atoms with van der Waals surface area (Å²) < 4.78 is 15.8. The van der Waals surface area contributed by atoms with Crippen LogP contribution >= 0.6 is 0 Å². The maximum absolute atomic E-state index is 12.0. The Morgan fingerprint density at radius 1 is 1.53 bits per heavy atom. The molecule has 0 saturated carbocycles. The average molecular weight is 275 g/mol. The maximum Gasteiger partial charge on any atom is 0.253 e. The van der Waals surface area contributed by atoms with Crippen molar-refractivity contribution in [3.8, 4) is 0 Å². The number of aliphatic hydroxyl groups is 1. The smallest absolute Gasteiger partial charge is 0.253 e. The molecule has 6 nitrogen and oxygen atoms in total. The first kappa shape index (κ1) is 16.4. The van der Waals surface area contributed by atoms with Crippen LogP contribution in [0.4, 0.5) is 0 Å². The van der Waals surface area contributed by atoms with Crippen LogP contribution in [0.2, 0.25) is 0 Å². The SMILES string of the molecule is COCCCCN(C)C(=O)C(O)C1COC(C)(C)O1. The summed E-state index contributed by atoms with van der Waals surface area (Å²) in [5, 5.41) is 10.0. The van der Waals surface area contributed by atoms with Crippen molar-refractivity contribution >= 4 is 5.91 Å². The van der Waals surface area contributed by atoms with Gasteiger partial charge in [-0.3, -0.25) is 4.79 Å². The maximum atomic E-state index is 12.0. The third kappa shape index (κ3) is 5.06. The molecule has 112 valence electrons. The standard InChI is InChI=1S/C13H25NO5/c1-13(2)18-9-10(19-13)11(15)12(16)14(3)7-5-6-8-17-4/h10-11,15H,5-9H2,1-4H3. The second-order valence-corrected chi connectivity index (χ2v) is 5.27. The van der Waals surface area contributed by atoms with Crippen LogP contribution < -0.4 is 0 Å². The summed E-state index contributed by atoms with van der Waals surface area (Å²) in [6.45, 7) is 5.03. The van der Waals surface area contributed by atoms with Crippen LogP contribution in [-0.2, 0) is 19.0 Å². The Morgan fingerprint density at radius 2 is 2.21 bits per heavy atom. The van der Waals surface area contributed by atoms with Crippen molar-refractivity contribution in [1.82, 2.24) is 4.90 Å². The summed E-state index contributed by atoms with van der Waals surface area (Å²) in [7, 11) is 3.33. The summed E-state index contributed by atoms with van der Waals surface area (Å²) in [6.07, 6.45) is -0.0329. The quantitative estimate of drug-likeness (QED) is 0.681. The molecule has 2 unspecified atom stereocenters. The highest BCUT2D eigenvalue weighted by Gasteiger charge is 2.40. The van der Waals surface area contributed by atoms with Gasteiger partial charge in [0, 0.05) is 27.3 Å². The van der Waals surface area contributed by atoms with Crippen molar-refractivity contribution in [3.63, 3.8) is 0 Å². The molecular weight excluding hydrogens is 250 g/mol. The minimum atomic E-state index is -1.17. The van der Waals surface area contributed by atoms with E-state index in [1.807, 2.05) is 0 Å². The fourth-order valence-corrected chi connectivity index (χ4v) is 1.96. The van der Waals surface area contributed by atoms with Gasteiger partial charge in [-0.1, -0.05) is 0 Å². The number of ether oxygens (including phenoxy) is 3. The van der Waals surface area contributed by atoms with E-state index in [1.54, 1.807) is 28.0 Å². The van der Waals surface area contributed by atoms with Crippen LogP contribution in [0.15, 0.2) is 0 Å². The molecule has 0 aliphatic carbocycles. The second-order valence-electron chi connectivity index (χ2n) is 5.27. The average Bonchev–Trinajstić information content (AvgIpc) is 2.73. The molecule has 0 aromatic heterocycles. The van der Waals surface area contributed by atoms with E-state index < -0.39 is 18.0 Å². The van der Waals surface area contributed by atoms with E-state index in [0.717, 1.165) is 12.8 Å². The van der Waals surface area contributed by atoms with Crippen LogP contribution in [0.3, 0.4) is 0 Å². The zero-order chi connectivity index (χ0) is 14.5. The van der Waals surface area contributed by atoms with E-state index in [2.05, 4.69) is 0 Å². The molecular formula is C13H25NO5. The predicted octanol–water partition coefficient (Wildman–Crippen LogP) is 0.384. The van der Waals surface area contributed by atoms with Crippen molar-refractivity contribution in [2.45, 2.75) is 44.7 Å². The van der Waals surface area contributed by atoms with E-state index in [4.69, 9.17) is 14.2 Å². The zero-order valence-corrected chi connectivity index (χ0v) is 12.2.